The molecule has 4 rings (SSSR count). The van der Waals surface area contributed by atoms with E-state index in [0.29, 0.717) is 18.8 Å². The molecule has 1 saturated heterocycles. The van der Waals surface area contributed by atoms with Crippen LogP contribution in [-0.2, 0) is 4.79 Å². The Bertz CT molecular complexity index is 1100. The van der Waals surface area contributed by atoms with Crippen LogP contribution < -0.4 is 15.0 Å². The van der Waals surface area contributed by atoms with Crippen molar-refractivity contribution in [2.45, 2.75) is 12.8 Å². The van der Waals surface area contributed by atoms with Gasteiger partial charge in [0.1, 0.15) is 11.4 Å². The predicted molar refractivity (Wildman–Crippen MR) is 121 cm³/mol. The zero-order valence-electron chi connectivity index (χ0n) is 17.6. The molecule has 1 aromatic heterocycles. The Hall–Kier alpha value is -4.01. The van der Waals surface area contributed by atoms with Crippen molar-refractivity contribution in [1.82, 2.24) is 10.2 Å². The molecule has 0 saturated carbocycles. The van der Waals surface area contributed by atoms with E-state index in [4.69, 9.17) is 4.74 Å². The maximum Gasteiger partial charge on any atom is 0.292 e. The van der Waals surface area contributed by atoms with E-state index in [1.54, 1.807) is 25.3 Å². The van der Waals surface area contributed by atoms with Crippen molar-refractivity contribution in [2.75, 3.05) is 30.4 Å². The first kappa shape index (κ1) is 21.2. The molecule has 1 N–H and O–H groups in total. The van der Waals surface area contributed by atoms with Crippen molar-refractivity contribution in [3.8, 4) is 17.0 Å². The second kappa shape index (κ2) is 9.42. The number of nitro groups is 1. The highest BCUT2D eigenvalue weighted by Gasteiger charge is 2.28. The summed E-state index contributed by atoms with van der Waals surface area (Å²) in [7, 11) is 1.62. The summed E-state index contributed by atoms with van der Waals surface area (Å²) in [6.45, 7) is 1.24. The molecule has 164 valence electrons. The van der Waals surface area contributed by atoms with Crippen molar-refractivity contribution in [3.05, 3.63) is 70.8 Å². The lowest BCUT2D eigenvalue weighted by molar-refractivity contribution is -0.383. The van der Waals surface area contributed by atoms with Gasteiger partial charge in [-0.15, -0.1) is 10.2 Å². The highest BCUT2D eigenvalue weighted by molar-refractivity contribution is 5.95. The van der Waals surface area contributed by atoms with Crippen molar-refractivity contribution in [3.63, 3.8) is 0 Å². The van der Waals surface area contributed by atoms with E-state index in [1.807, 2.05) is 41.3 Å². The number of para-hydroxylation sites is 2. The largest absolute Gasteiger partial charge is 0.497 e. The number of hydrogen-bond acceptors (Lipinski definition) is 7. The van der Waals surface area contributed by atoms with Gasteiger partial charge in [-0.1, -0.05) is 12.1 Å². The average molecular weight is 433 g/mol. The molecule has 0 spiro atoms. The molecule has 1 unspecified atom stereocenters. The number of nitrogens with zero attached hydrogens (tertiary/aromatic N) is 4. The number of benzene rings is 2. The minimum atomic E-state index is -0.497. The third-order valence-electron chi connectivity index (χ3n) is 5.51. The lowest BCUT2D eigenvalue weighted by Crippen LogP contribution is -2.41. The van der Waals surface area contributed by atoms with Crippen LogP contribution in [0.15, 0.2) is 60.7 Å². The standard InChI is InChI=1S/C23H23N5O4/c1-32-18-10-8-16(9-11-18)19-12-13-22(26-25-19)27-14-4-5-17(15-27)23(29)24-20-6-2-3-7-21(20)28(30)31/h2-3,6-13,17H,4-5,14-15H2,1H3,(H,24,29). The minimum absolute atomic E-state index is 0.117. The molecule has 1 aliphatic heterocycles. The monoisotopic (exact) mass is 433 g/mol. The number of rotatable bonds is 6. The van der Waals surface area contributed by atoms with Crippen LogP contribution in [0, 0.1) is 16.0 Å². The van der Waals surface area contributed by atoms with Gasteiger partial charge in [0.2, 0.25) is 5.91 Å². The van der Waals surface area contributed by atoms with Crippen molar-refractivity contribution >= 4 is 23.1 Å². The van der Waals surface area contributed by atoms with Gasteiger partial charge >= 0.3 is 0 Å². The molecule has 0 radical (unpaired) electrons. The summed E-state index contributed by atoms with van der Waals surface area (Å²) in [5.74, 6) is 0.945. The van der Waals surface area contributed by atoms with Gasteiger partial charge in [0.25, 0.3) is 5.69 Å². The summed E-state index contributed by atoms with van der Waals surface area (Å²) in [4.78, 5) is 25.5. The Labute approximate surface area is 185 Å². The van der Waals surface area contributed by atoms with E-state index < -0.39 is 4.92 Å². The first-order chi connectivity index (χ1) is 15.5. The predicted octanol–water partition coefficient (Wildman–Crippen LogP) is 3.92. The second-order valence-electron chi connectivity index (χ2n) is 7.55. The second-order valence-corrected chi connectivity index (χ2v) is 7.55. The van der Waals surface area contributed by atoms with Crippen molar-refractivity contribution in [1.29, 1.82) is 0 Å². The number of nitro benzene ring substituents is 1. The maximum absolute atomic E-state index is 12.8. The Balaban J connectivity index is 1.43. The normalized spacial score (nSPS) is 15.8. The fourth-order valence-electron chi connectivity index (χ4n) is 3.78. The van der Waals surface area contributed by atoms with E-state index in [-0.39, 0.29) is 23.2 Å². The highest BCUT2D eigenvalue weighted by Crippen LogP contribution is 2.27. The SMILES string of the molecule is COc1ccc(-c2ccc(N3CCCC(C(=O)Nc4ccccc4[N+](=O)[O-])C3)nn2)cc1. The zero-order chi connectivity index (χ0) is 22.5. The number of amides is 1. The number of nitrogens with one attached hydrogen (secondary N) is 1. The average Bonchev–Trinajstić information content (AvgIpc) is 2.84. The lowest BCUT2D eigenvalue weighted by atomic mass is 9.97. The van der Waals surface area contributed by atoms with Gasteiger partial charge in [0, 0.05) is 24.7 Å². The summed E-state index contributed by atoms with van der Waals surface area (Å²) >= 11 is 0. The Morgan fingerprint density at radius 2 is 1.91 bits per heavy atom. The summed E-state index contributed by atoms with van der Waals surface area (Å²) in [5.41, 5.74) is 1.78. The summed E-state index contributed by atoms with van der Waals surface area (Å²) in [6, 6.07) is 17.5. The van der Waals surface area contributed by atoms with Crippen molar-refractivity contribution in [2.24, 2.45) is 5.92 Å². The first-order valence-corrected chi connectivity index (χ1v) is 10.3. The lowest BCUT2D eigenvalue weighted by Gasteiger charge is -2.32. The highest BCUT2D eigenvalue weighted by atomic mass is 16.6. The van der Waals surface area contributed by atoms with Gasteiger partial charge < -0.3 is 15.0 Å². The van der Waals surface area contributed by atoms with Crippen LogP contribution in [0.4, 0.5) is 17.2 Å². The molecule has 1 atom stereocenters. The van der Waals surface area contributed by atoms with Crippen LogP contribution in [-0.4, -0.2) is 41.2 Å². The van der Waals surface area contributed by atoms with E-state index in [9.17, 15) is 14.9 Å². The maximum atomic E-state index is 12.8. The number of ether oxygens (including phenoxy) is 1. The number of piperidine rings is 1. The first-order valence-electron chi connectivity index (χ1n) is 10.3. The quantitative estimate of drug-likeness (QED) is 0.463. The molecular weight excluding hydrogens is 410 g/mol. The van der Waals surface area contributed by atoms with Gasteiger partial charge in [-0.3, -0.25) is 14.9 Å². The number of anilines is 2. The molecule has 0 bridgehead atoms. The third-order valence-corrected chi connectivity index (χ3v) is 5.51. The zero-order valence-corrected chi connectivity index (χ0v) is 17.6. The van der Waals surface area contributed by atoms with Crippen LogP contribution in [0.3, 0.4) is 0 Å². The smallest absolute Gasteiger partial charge is 0.292 e. The van der Waals surface area contributed by atoms with Gasteiger partial charge in [-0.05, 0) is 55.3 Å². The van der Waals surface area contributed by atoms with Crippen LogP contribution >= 0.6 is 0 Å². The molecule has 32 heavy (non-hydrogen) atoms. The Morgan fingerprint density at radius 1 is 1.12 bits per heavy atom. The molecule has 0 aliphatic carbocycles. The van der Waals surface area contributed by atoms with E-state index in [1.165, 1.54) is 6.07 Å². The summed E-state index contributed by atoms with van der Waals surface area (Å²) in [6.07, 6.45) is 1.53. The van der Waals surface area contributed by atoms with Gasteiger partial charge in [0.15, 0.2) is 5.82 Å². The van der Waals surface area contributed by atoms with E-state index >= 15 is 0 Å². The fraction of sp³-hybridized carbons (Fsp3) is 0.261. The molecule has 9 nitrogen and oxygen atoms in total. The fourth-order valence-corrected chi connectivity index (χ4v) is 3.78. The van der Waals surface area contributed by atoms with Gasteiger partial charge in [0.05, 0.1) is 23.6 Å². The molecule has 2 aromatic carbocycles. The van der Waals surface area contributed by atoms with Crippen LogP contribution in [0.5, 0.6) is 5.75 Å². The summed E-state index contributed by atoms with van der Waals surface area (Å²) in [5, 5.41) is 22.6. The number of methoxy groups -OCH3 is 1. The number of carbonyl (C=O) groups is 1. The van der Waals surface area contributed by atoms with Crippen LogP contribution in [0.25, 0.3) is 11.3 Å². The number of hydrogen-bond donors (Lipinski definition) is 1. The molecule has 2 heterocycles. The number of aromatic nitrogens is 2. The molecule has 3 aromatic rings. The summed E-state index contributed by atoms with van der Waals surface area (Å²) < 4.78 is 5.18. The molecule has 1 fully saturated rings. The van der Waals surface area contributed by atoms with E-state index in [2.05, 4.69) is 15.5 Å². The van der Waals surface area contributed by atoms with Crippen LogP contribution in [0.1, 0.15) is 12.8 Å². The molecule has 1 aliphatic rings. The third kappa shape index (κ3) is 4.66. The molecule has 1 amide bonds. The van der Waals surface area contributed by atoms with Gasteiger partial charge in [-0.25, -0.2) is 0 Å². The molecular formula is C23H23N5O4. The van der Waals surface area contributed by atoms with Crippen molar-refractivity contribution < 1.29 is 14.5 Å². The molecule has 9 heteroatoms. The minimum Gasteiger partial charge on any atom is -0.497 e. The van der Waals surface area contributed by atoms with E-state index in [0.717, 1.165) is 30.0 Å². The topological polar surface area (TPSA) is 110 Å². The number of carbonyl (C=O) groups excluding carboxylic acids is 1. The Kier molecular flexibility index (Phi) is 6.25. The van der Waals surface area contributed by atoms with Crippen LogP contribution in [0.2, 0.25) is 0 Å². The van der Waals surface area contributed by atoms with Gasteiger partial charge in [-0.2, -0.15) is 0 Å². The Morgan fingerprint density at radius 3 is 2.59 bits per heavy atom.